The van der Waals surface area contributed by atoms with Crippen LogP contribution in [0.5, 0.6) is 0 Å². The molecule has 0 radical (unpaired) electrons. The molecule has 2 rings (SSSR count). The lowest BCUT2D eigenvalue weighted by atomic mass is 10.1. The van der Waals surface area contributed by atoms with Gasteiger partial charge in [0.1, 0.15) is 5.82 Å². The highest BCUT2D eigenvalue weighted by Gasteiger charge is 2.32. The number of nitrogens with zero attached hydrogens (tertiary/aromatic N) is 4. The maximum Gasteiger partial charge on any atom is 0.227 e. The van der Waals surface area contributed by atoms with Crippen molar-refractivity contribution in [2.45, 2.75) is 6.42 Å². The van der Waals surface area contributed by atoms with Crippen molar-refractivity contribution < 1.29 is 13.6 Å². The monoisotopic (exact) mass is 330 g/mol. The quantitative estimate of drug-likeness (QED) is 0.362. The van der Waals surface area contributed by atoms with Gasteiger partial charge in [-0.15, -0.1) is 0 Å². The number of benzene rings is 1. The van der Waals surface area contributed by atoms with Gasteiger partial charge in [-0.05, 0) is 39.5 Å². The third-order valence-electron chi connectivity index (χ3n) is 2.91. The molecular formula is C11H9BrF2N4O. The first kappa shape index (κ1) is 13.8. The summed E-state index contributed by atoms with van der Waals surface area (Å²) in [6.45, 7) is 0.440. The van der Waals surface area contributed by atoms with E-state index in [1.807, 2.05) is 0 Å². The van der Waals surface area contributed by atoms with Crippen molar-refractivity contribution in [2.75, 3.05) is 18.0 Å². The van der Waals surface area contributed by atoms with Gasteiger partial charge in [0.2, 0.25) is 5.91 Å². The van der Waals surface area contributed by atoms with Crippen LogP contribution >= 0.6 is 15.9 Å². The zero-order chi connectivity index (χ0) is 14.0. The summed E-state index contributed by atoms with van der Waals surface area (Å²) in [7, 11) is 0. The van der Waals surface area contributed by atoms with Gasteiger partial charge in [0, 0.05) is 24.4 Å². The van der Waals surface area contributed by atoms with Gasteiger partial charge < -0.3 is 4.90 Å². The summed E-state index contributed by atoms with van der Waals surface area (Å²) in [6.07, 6.45) is 0.188. The average Bonchev–Trinajstić information content (AvgIpc) is 2.75. The van der Waals surface area contributed by atoms with E-state index < -0.39 is 11.6 Å². The van der Waals surface area contributed by atoms with Crippen LogP contribution in [0.1, 0.15) is 6.42 Å². The Morgan fingerprint density at radius 3 is 2.95 bits per heavy atom. The van der Waals surface area contributed by atoms with Gasteiger partial charge in [0.05, 0.1) is 10.2 Å². The lowest BCUT2D eigenvalue weighted by Crippen LogP contribution is -2.26. The largest absolute Gasteiger partial charge is 0.309 e. The molecule has 1 atom stereocenters. The summed E-state index contributed by atoms with van der Waals surface area (Å²) in [6, 6.07) is 2.32. The Morgan fingerprint density at radius 2 is 2.26 bits per heavy atom. The highest BCUT2D eigenvalue weighted by Crippen LogP contribution is 2.32. The minimum Gasteiger partial charge on any atom is -0.309 e. The van der Waals surface area contributed by atoms with Crippen LogP contribution in [0.2, 0.25) is 0 Å². The van der Waals surface area contributed by atoms with Crippen LogP contribution in [0.4, 0.5) is 14.5 Å². The Morgan fingerprint density at radius 1 is 1.53 bits per heavy atom. The van der Waals surface area contributed by atoms with Crippen molar-refractivity contribution in [3.63, 3.8) is 0 Å². The Kier molecular flexibility index (Phi) is 4.01. The molecule has 0 aliphatic carbocycles. The first-order valence-corrected chi connectivity index (χ1v) is 6.28. The lowest BCUT2D eigenvalue weighted by Gasteiger charge is -2.18. The Balaban J connectivity index is 2.26. The second kappa shape index (κ2) is 5.54. The zero-order valence-corrected chi connectivity index (χ0v) is 11.3. The molecule has 0 spiro atoms. The van der Waals surface area contributed by atoms with Crippen molar-refractivity contribution in [1.82, 2.24) is 0 Å². The molecule has 0 bridgehead atoms. The zero-order valence-electron chi connectivity index (χ0n) is 9.68. The van der Waals surface area contributed by atoms with E-state index in [4.69, 9.17) is 5.53 Å². The fourth-order valence-electron chi connectivity index (χ4n) is 2.01. The van der Waals surface area contributed by atoms with Crippen LogP contribution in [0.3, 0.4) is 0 Å². The fraction of sp³-hybridized carbons (Fsp3) is 0.364. The van der Waals surface area contributed by atoms with Crippen molar-refractivity contribution in [3.05, 3.63) is 38.7 Å². The predicted molar refractivity (Wildman–Crippen MR) is 68.5 cm³/mol. The number of carbonyl (C=O) groups is 1. The number of hydrogen-bond donors (Lipinski definition) is 0. The summed E-state index contributed by atoms with van der Waals surface area (Å²) in [5.74, 6) is -1.95. The second-order valence-electron chi connectivity index (χ2n) is 4.18. The van der Waals surface area contributed by atoms with Crippen LogP contribution in [0.15, 0.2) is 21.7 Å². The topological polar surface area (TPSA) is 69.1 Å². The average molecular weight is 331 g/mol. The molecule has 1 aliphatic heterocycles. The maximum atomic E-state index is 13.9. The van der Waals surface area contributed by atoms with Gasteiger partial charge in [-0.2, -0.15) is 0 Å². The number of carbonyl (C=O) groups excluding carboxylic acids is 1. The summed E-state index contributed by atoms with van der Waals surface area (Å²) in [5, 5.41) is 3.41. The van der Waals surface area contributed by atoms with Gasteiger partial charge in [-0.3, -0.25) is 4.79 Å². The second-order valence-corrected chi connectivity index (χ2v) is 4.98. The Labute approximate surface area is 116 Å². The number of halogens is 3. The first-order valence-electron chi connectivity index (χ1n) is 5.49. The molecule has 0 aromatic heterocycles. The molecule has 100 valence electrons. The number of azide groups is 1. The van der Waals surface area contributed by atoms with E-state index in [-0.39, 0.29) is 41.5 Å². The van der Waals surface area contributed by atoms with Gasteiger partial charge >= 0.3 is 0 Å². The standard InChI is InChI=1S/C11H9BrF2N4O/c12-10-7(13)1-2-8(11(10)14)18-5-6(3-9(18)19)4-16-17-15/h1-2,6H,3-5H2. The number of rotatable bonds is 3. The third kappa shape index (κ3) is 2.69. The molecule has 1 unspecified atom stereocenters. The molecule has 8 heteroatoms. The predicted octanol–water partition coefficient (Wildman–Crippen LogP) is 3.39. The number of anilines is 1. The minimum atomic E-state index is -0.808. The lowest BCUT2D eigenvalue weighted by molar-refractivity contribution is -0.117. The van der Waals surface area contributed by atoms with Crippen molar-refractivity contribution in [3.8, 4) is 0 Å². The SMILES string of the molecule is [N-]=[N+]=NCC1CC(=O)N(c2ccc(F)c(Br)c2F)C1. The van der Waals surface area contributed by atoms with E-state index in [0.29, 0.717) is 0 Å². The van der Waals surface area contributed by atoms with Crippen LogP contribution in [0, 0.1) is 17.6 Å². The minimum absolute atomic E-state index is 0.0294. The van der Waals surface area contributed by atoms with E-state index in [1.165, 1.54) is 11.0 Å². The molecule has 1 saturated heterocycles. The molecular weight excluding hydrogens is 322 g/mol. The molecule has 1 aromatic carbocycles. The van der Waals surface area contributed by atoms with Crippen LogP contribution in [0.25, 0.3) is 10.4 Å². The van der Waals surface area contributed by atoms with E-state index in [2.05, 4.69) is 26.0 Å². The fourth-order valence-corrected chi connectivity index (χ4v) is 2.35. The summed E-state index contributed by atoms with van der Waals surface area (Å²) < 4.78 is 26.8. The molecule has 1 fully saturated rings. The van der Waals surface area contributed by atoms with Gasteiger partial charge in [0.25, 0.3) is 0 Å². The van der Waals surface area contributed by atoms with E-state index in [0.717, 1.165) is 6.07 Å². The van der Waals surface area contributed by atoms with Crippen molar-refractivity contribution in [2.24, 2.45) is 11.0 Å². The molecule has 1 heterocycles. The van der Waals surface area contributed by atoms with Gasteiger partial charge in [-0.25, -0.2) is 8.78 Å². The normalized spacial score (nSPS) is 18.6. The van der Waals surface area contributed by atoms with Crippen molar-refractivity contribution >= 4 is 27.5 Å². The van der Waals surface area contributed by atoms with E-state index >= 15 is 0 Å². The van der Waals surface area contributed by atoms with Gasteiger partial charge in [0.15, 0.2) is 5.82 Å². The van der Waals surface area contributed by atoms with Crippen LogP contribution in [-0.2, 0) is 4.79 Å². The molecule has 19 heavy (non-hydrogen) atoms. The third-order valence-corrected chi connectivity index (χ3v) is 3.64. The number of hydrogen-bond acceptors (Lipinski definition) is 2. The first-order chi connectivity index (χ1) is 9.04. The van der Waals surface area contributed by atoms with E-state index in [1.54, 1.807) is 0 Å². The maximum absolute atomic E-state index is 13.9. The Bertz CT molecular complexity index is 574. The molecule has 0 saturated carbocycles. The highest BCUT2D eigenvalue weighted by atomic mass is 79.9. The molecule has 1 amide bonds. The molecule has 0 N–H and O–H groups in total. The molecule has 1 aromatic rings. The Hall–Kier alpha value is -1.66. The highest BCUT2D eigenvalue weighted by molar-refractivity contribution is 9.10. The summed E-state index contributed by atoms with van der Waals surface area (Å²) in [4.78, 5) is 15.7. The van der Waals surface area contributed by atoms with Gasteiger partial charge in [-0.1, -0.05) is 5.11 Å². The summed E-state index contributed by atoms with van der Waals surface area (Å²) >= 11 is 2.80. The van der Waals surface area contributed by atoms with E-state index in [9.17, 15) is 13.6 Å². The molecule has 5 nitrogen and oxygen atoms in total. The smallest absolute Gasteiger partial charge is 0.227 e. The van der Waals surface area contributed by atoms with Crippen LogP contribution < -0.4 is 4.90 Å². The van der Waals surface area contributed by atoms with Crippen LogP contribution in [-0.4, -0.2) is 19.0 Å². The summed E-state index contributed by atoms with van der Waals surface area (Å²) in [5.41, 5.74) is 8.27. The van der Waals surface area contributed by atoms with Crippen molar-refractivity contribution in [1.29, 1.82) is 0 Å². The molecule has 1 aliphatic rings. The number of amides is 1.